The molecule has 1 N–H and O–H groups in total. The molecule has 1 atom stereocenters. The molecule has 0 spiro atoms. The van der Waals surface area contributed by atoms with Gasteiger partial charge in [-0.25, -0.2) is 5.01 Å². The van der Waals surface area contributed by atoms with Crippen molar-refractivity contribution < 1.29 is 4.79 Å². The van der Waals surface area contributed by atoms with Gasteiger partial charge in [0.25, 0.3) is 5.56 Å². The van der Waals surface area contributed by atoms with Gasteiger partial charge in [0, 0.05) is 25.3 Å². The number of nitrogens with zero attached hydrogens (tertiary/aromatic N) is 2. The first-order valence-electron chi connectivity index (χ1n) is 9.07. The van der Waals surface area contributed by atoms with Crippen LogP contribution >= 0.6 is 0 Å². The van der Waals surface area contributed by atoms with Crippen molar-refractivity contribution in [1.82, 2.24) is 9.99 Å². The van der Waals surface area contributed by atoms with Crippen molar-refractivity contribution in [2.45, 2.75) is 32.7 Å². The SMILES string of the molecule is CC(=O)N1N=C(c2ccccc2)C[C@H]1Cc1cc2cccc(C)c2[nH]c1=O. The predicted octanol–water partition coefficient (Wildman–Crippen LogP) is 3.40. The number of fused-ring (bicyclic) bond motifs is 1. The molecule has 0 unspecified atom stereocenters. The van der Waals surface area contributed by atoms with Crippen LogP contribution in [0, 0.1) is 6.92 Å². The number of rotatable bonds is 3. The summed E-state index contributed by atoms with van der Waals surface area (Å²) < 4.78 is 0. The third-order valence-corrected chi connectivity index (χ3v) is 5.05. The minimum atomic E-state index is -0.152. The van der Waals surface area contributed by atoms with E-state index in [0.29, 0.717) is 18.4 Å². The lowest BCUT2D eigenvalue weighted by atomic mass is 9.98. The zero-order valence-corrected chi connectivity index (χ0v) is 15.4. The average Bonchev–Trinajstić information content (AvgIpc) is 3.08. The van der Waals surface area contributed by atoms with Crippen molar-refractivity contribution in [3.63, 3.8) is 0 Å². The maximum Gasteiger partial charge on any atom is 0.251 e. The first kappa shape index (κ1) is 17.2. The van der Waals surface area contributed by atoms with Gasteiger partial charge in [-0.1, -0.05) is 48.5 Å². The van der Waals surface area contributed by atoms with Gasteiger partial charge in [-0.3, -0.25) is 9.59 Å². The van der Waals surface area contributed by atoms with Crippen molar-refractivity contribution in [3.05, 3.63) is 81.6 Å². The molecule has 0 saturated carbocycles. The number of pyridine rings is 1. The summed E-state index contributed by atoms with van der Waals surface area (Å²) in [5.41, 5.74) is 4.36. The molecule has 5 heteroatoms. The summed E-state index contributed by atoms with van der Waals surface area (Å²) in [6.45, 7) is 3.49. The Kier molecular flexibility index (Phi) is 4.36. The van der Waals surface area contributed by atoms with Crippen molar-refractivity contribution in [2.75, 3.05) is 0 Å². The number of benzene rings is 2. The van der Waals surface area contributed by atoms with E-state index >= 15 is 0 Å². The number of aromatic nitrogens is 1. The Morgan fingerprint density at radius 3 is 2.70 bits per heavy atom. The molecule has 2 heterocycles. The smallest absolute Gasteiger partial charge is 0.251 e. The number of aromatic amines is 1. The van der Waals surface area contributed by atoms with E-state index in [9.17, 15) is 9.59 Å². The van der Waals surface area contributed by atoms with Gasteiger partial charge in [-0.15, -0.1) is 0 Å². The van der Waals surface area contributed by atoms with E-state index in [1.807, 2.05) is 61.5 Å². The number of aryl methyl sites for hydroxylation is 1. The number of H-pyrrole nitrogens is 1. The van der Waals surface area contributed by atoms with Crippen LogP contribution in [0.2, 0.25) is 0 Å². The fourth-order valence-electron chi connectivity index (χ4n) is 3.69. The van der Waals surface area contributed by atoms with E-state index in [1.165, 1.54) is 11.9 Å². The molecule has 1 amide bonds. The first-order chi connectivity index (χ1) is 13.0. The Labute approximate surface area is 157 Å². The lowest BCUT2D eigenvalue weighted by molar-refractivity contribution is -0.130. The number of amides is 1. The number of para-hydroxylation sites is 1. The molecule has 0 radical (unpaired) electrons. The molecule has 5 nitrogen and oxygen atoms in total. The van der Waals surface area contributed by atoms with Crippen LogP contribution in [-0.2, 0) is 11.2 Å². The van der Waals surface area contributed by atoms with Crippen LogP contribution in [0.1, 0.15) is 30.0 Å². The highest BCUT2D eigenvalue weighted by molar-refractivity contribution is 6.03. The number of hydrazone groups is 1. The molecule has 4 rings (SSSR count). The van der Waals surface area contributed by atoms with E-state index in [1.54, 1.807) is 0 Å². The molecular formula is C22H21N3O2. The number of carbonyl (C=O) groups excluding carboxylic acids is 1. The standard InChI is InChI=1S/C22H21N3O2/c1-14-7-6-10-17-11-18(22(27)23-21(14)17)12-19-13-20(24-25(19)15(2)26)16-8-4-3-5-9-16/h3-11,19H,12-13H2,1-2H3,(H,23,27)/t19-/m1/s1. The Balaban J connectivity index is 1.66. The van der Waals surface area contributed by atoms with Gasteiger partial charge < -0.3 is 4.98 Å². The summed E-state index contributed by atoms with van der Waals surface area (Å²) in [5.74, 6) is -0.112. The van der Waals surface area contributed by atoms with Gasteiger partial charge in [-0.05, 0) is 29.5 Å². The van der Waals surface area contributed by atoms with Crippen LogP contribution in [0.25, 0.3) is 10.9 Å². The van der Waals surface area contributed by atoms with Crippen molar-refractivity contribution >= 4 is 22.5 Å². The molecule has 1 aromatic heterocycles. The van der Waals surface area contributed by atoms with Gasteiger partial charge in [0.2, 0.25) is 5.91 Å². The molecule has 3 aromatic rings. The summed E-state index contributed by atoms with van der Waals surface area (Å²) in [4.78, 5) is 27.7. The molecule has 0 fully saturated rings. The van der Waals surface area contributed by atoms with Gasteiger partial charge in [0.15, 0.2) is 0 Å². The molecule has 27 heavy (non-hydrogen) atoms. The lowest BCUT2D eigenvalue weighted by Gasteiger charge is -2.20. The second kappa shape index (κ2) is 6.83. The lowest BCUT2D eigenvalue weighted by Crippen LogP contribution is -2.34. The second-order valence-electron chi connectivity index (χ2n) is 7.00. The summed E-state index contributed by atoms with van der Waals surface area (Å²) in [6.07, 6.45) is 1.10. The van der Waals surface area contributed by atoms with Gasteiger partial charge in [0.1, 0.15) is 0 Å². The monoisotopic (exact) mass is 359 g/mol. The summed E-state index contributed by atoms with van der Waals surface area (Å²) in [5, 5.41) is 7.05. The first-order valence-corrected chi connectivity index (χ1v) is 9.07. The Hall–Kier alpha value is -3.21. The van der Waals surface area contributed by atoms with Crippen LogP contribution in [0.3, 0.4) is 0 Å². The number of carbonyl (C=O) groups is 1. The Bertz CT molecular complexity index is 1100. The van der Waals surface area contributed by atoms with Crippen LogP contribution < -0.4 is 5.56 Å². The molecule has 136 valence electrons. The zero-order valence-electron chi connectivity index (χ0n) is 15.4. The van der Waals surface area contributed by atoms with Crippen LogP contribution in [0.5, 0.6) is 0 Å². The maximum absolute atomic E-state index is 12.6. The number of nitrogens with one attached hydrogen (secondary N) is 1. The van der Waals surface area contributed by atoms with Crippen LogP contribution in [0.15, 0.2) is 64.5 Å². The van der Waals surface area contributed by atoms with Crippen LogP contribution in [0.4, 0.5) is 0 Å². The fraction of sp³-hybridized carbons (Fsp3) is 0.227. The third-order valence-electron chi connectivity index (χ3n) is 5.05. The molecular weight excluding hydrogens is 338 g/mol. The average molecular weight is 359 g/mol. The second-order valence-corrected chi connectivity index (χ2v) is 7.00. The third kappa shape index (κ3) is 3.28. The van der Waals surface area contributed by atoms with Crippen molar-refractivity contribution in [3.8, 4) is 0 Å². The normalized spacial score (nSPS) is 16.6. The number of hydrogen-bond donors (Lipinski definition) is 1. The minimum absolute atomic E-state index is 0.103. The highest BCUT2D eigenvalue weighted by atomic mass is 16.2. The summed E-state index contributed by atoms with van der Waals surface area (Å²) in [6, 6.07) is 17.6. The van der Waals surface area contributed by atoms with E-state index in [0.717, 1.165) is 27.7 Å². The van der Waals surface area contributed by atoms with Crippen LogP contribution in [-0.4, -0.2) is 27.7 Å². The predicted molar refractivity (Wildman–Crippen MR) is 107 cm³/mol. The molecule has 1 aliphatic heterocycles. The quantitative estimate of drug-likeness (QED) is 0.779. The molecule has 0 aliphatic carbocycles. The molecule has 1 aliphatic rings. The van der Waals surface area contributed by atoms with Gasteiger partial charge in [-0.2, -0.15) is 5.10 Å². The highest BCUT2D eigenvalue weighted by Gasteiger charge is 2.30. The van der Waals surface area contributed by atoms with E-state index < -0.39 is 0 Å². The zero-order chi connectivity index (χ0) is 19.0. The van der Waals surface area contributed by atoms with Crippen molar-refractivity contribution in [2.24, 2.45) is 5.10 Å². The van der Waals surface area contributed by atoms with E-state index in [2.05, 4.69) is 10.1 Å². The van der Waals surface area contributed by atoms with Crippen molar-refractivity contribution in [1.29, 1.82) is 0 Å². The molecule has 0 saturated heterocycles. The maximum atomic E-state index is 12.6. The minimum Gasteiger partial charge on any atom is -0.321 e. The molecule has 0 bridgehead atoms. The van der Waals surface area contributed by atoms with E-state index in [4.69, 9.17) is 0 Å². The Morgan fingerprint density at radius 1 is 1.19 bits per heavy atom. The fourth-order valence-corrected chi connectivity index (χ4v) is 3.69. The largest absolute Gasteiger partial charge is 0.321 e. The number of hydrogen-bond acceptors (Lipinski definition) is 3. The summed E-state index contributed by atoms with van der Waals surface area (Å²) >= 11 is 0. The highest BCUT2D eigenvalue weighted by Crippen LogP contribution is 2.24. The van der Waals surface area contributed by atoms with E-state index in [-0.39, 0.29) is 17.5 Å². The summed E-state index contributed by atoms with van der Waals surface area (Å²) in [7, 11) is 0. The molecule has 2 aromatic carbocycles. The van der Waals surface area contributed by atoms with Gasteiger partial charge >= 0.3 is 0 Å². The Morgan fingerprint density at radius 2 is 1.96 bits per heavy atom. The topological polar surface area (TPSA) is 65.5 Å². The van der Waals surface area contributed by atoms with Gasteiger partial charge in [0.05, 0.1) is 17.3 Å².